The molecule has 0 spiro atoms. The molecule has 326 valence electrons. The molecule has 15 aromatic rings. The van der Waals surface area contributed by atoms with Crippen LogP contribution in [0.25, 0.3) is 132 Å². The molecule has 4 aromatic heterocycles. The first-order chi connectivity index (χ1) is 34.7. The molecule has 0 saturated heterocycles. The van der Waals surface area contributed by atoms with Gasteiger partial charge in [0.2, 0.25) is 0 Å². The highest BCUT2D eigenvalue weighted by Crippen LogP contribution is 2.41. The van der Waals surface area contributed by atoms with E-state index in [0.717, 1.165) is 22.7 Å². The summed E-state index contributed by atoms with van der Waals surface area (Å²) in [5, 5.41) is 9.99. The summed E-state index contributed by atoms with van der Waals surface area (Å²) in [5.41, 5.74) is 18.9. The Morgan fingerprint density at radius 1 is 0.157 bits per heavy atom. The fourth-order valence-electron chi connectivity index (χ4n) is 11.7. The van der Waals surface area contributed by atoms with Gasteiger partial charge in [0.15, 0.2) is 0 Å². The van der Waals surface area contributed by atoms with Crippen LogP contribution in [0.5, 0.6) is 0 Å². The lowest BCUT2D eigenvalue weighted by Gasteiger charge is -2.13. The minimum atomic E-state index is 1.13. The van der Waals surface area contributed by atoms with Crippen LogP contribution in [-0.2, 0) is 0 Å². The van der Waals surface area contributed by atoms with Gasteiger partial charge in [0.25, 0.3) is 0 Å². The molecule has 0 aliphatic carbocycles. The van der Waals surface area contributed by atoms with Gasteiger partial charge in [0.05, 0.1) is 44.1 Å². The molecule has 0 unspecified atom stereocenters. The maximum absolute atomic E-state index is 2.43. The van der Waals surface area contributed by atoms with Gasteiger partial charge in [-0.25, -0.2) is 0 Å². The maximum Gasteiger partial charge on any atom is 0.0541 e. The molecule has 4 heterocycles. The van der Waals surface area contributed by atoms with Crippen LogP contribution in [0.1, 0.15) is 0 Å². The molecule has 70 heavy (non-hydrogen) atoms. The molecular weight excluding hydrogens is 849 g/mol. The predicted molar refractivity (Wildman–Crippen MR) is 295 cm³/mol. The zero-order chi connectivity index (χ0) is 45.9. The van der Waals surface area contributed by atoms with E-state index in [2.05, 4.69) is 273 Å². The van der Waals surface area contributed by atoms with Gasteiger partial charge in [0.1, 0.15) is 0 Å². The highest BCUT2D eigenvalue weighted by atomic mass is 15.0. The van der Waals surface area contributed by atoms with Crippen LogP contribution in [0.2, 0.25) is 0 Å². The Morgan fingerprint density at radius 2 is 0.400 bits per heavy atom. The Hall–Kier alpha value is -9.38. The van der Waals surface area contributed by atoms with Crippen molar-refractivity contribution in [3.8, 4) is 45.0 Å². The zero-order valence-corrected chi connectivity index (χ0v) is 38.0. The molecule has 0 amide bonds. The lowest BCUT2D eigenvalue weighted by molar-refractivity contribution is 1.13. The first-order valence-corrected chi connectivity index (χ1v) is 24.1. The highest BCUT2D eigenvalue weighted by Gasteiger charge is 2.19. The van der Waals surface area contributed by atoms with Gasteiger partial charge < -0.3 is 18.3 Å². The summed E-state index contributed by atoms with van der Waals surface area (Å²) in [6.45, 7) is 0. The van der Waals surface area contributed by atoms with Gasteiger partial charge in [-0.2, -0.15) is 0 Å². The second kappa shape index (κ2) is 15.1. The van der Waals surface area contributed by atoms with Crippen LogP contribution in [0.15, 0.2) is 255 Å². The predicted octanol–water partition coefficient (Wildman–Crippen LogP) is 17.4. The fourth-order valence-corrected chi connectivity index (χ4v) is 11.7. The second-order valence-electron chi connectivity index (χ2n) is 18.5. The van der Waals surface area contributed by atoms with Crippen LogP contribution in [0.3, 0.4) is 0 Å². The van der Waals surface area contributed by atoms with Crippen LogP contribution >= 0.6 is 0 Å². The summed E-state index contributed by atoms with van der Waals surface area (Å²) in [6.07, 6.45) is 0. The lowest BCUT2D eigenvalue weighted by Crippen LogP contribution is -1.98. The van der Waals surface area contributed by atoms with Crippen LogP contribution < -0.4 is 0 Å². The Bertz CT molecular complexity index is 4500. The summed E-state index contributed by atoms with van der Waals surface area (Å²) >= 11 is 0. The van der Waals surface area contributed by atoms with E-state index in [1.54, 1.807) is 0 Å². The van der Waals surface area contributed by atoms with Crippen molar-refractivity contribution in [2.45, 2.75) is 0 Å². The van der Waals surface area contributed by atoms with Crippen molar-refractivity contribution in [3.63, 3.8) is 0 Å². The lowest BCUT2D eigenvalue weighted by atomic mass is 10.0. The summed E-state index contributed by atoms with van der Waals surface area (Å²) in [6, 6.07) is 93.5. The number of para-hydroxylation sites is 6. The SMILES string of the molecule is c1cc(-c2cccc(-n3c4ccccc4c4cc(-c5ccc6c(c5)c5ccccc5n6-c5cccc(-n6c7ccccc7c7ccccc76)c5)ccc43)c2)cc(-n2c3ccccc3c3ccccc32)c1. The van der Waals surface area contributed by atoms with Crippen molar-refractivity contribution < 1.29 is 0 Å². The van der Waals surface area contributed by atoms with Gasteiger partial charge in [-0.15, -0.1) is 0 Å². The normalized spacial score (nSPS) is 12.0. The largest absolute Gasteiger partial charge is 0.309 e. The van der Waals surface area contributed by atoms with Crippen molar-refractivity contribution >= 4 is 87.2 Å². The average Bonchev–Trinajstić information content (AvgIpc) is 4.16. The van der Waals surface area contributed by atoms with Crippen LogP contribution in [0, 0.1) is 0 Å². The zero-order valence-electron chi connectivity index (χ0n) is 38.0. The second-order valence-corrected chi connectivity index (χ2v) is 18.5. The highest BCUT2D eigenvalue weighted by molar-refractivity contribution is 6.14. The number of benzene rings is 11. The maximum atomic E-state index is 2.43. The Kier molecular flexibility index (Phi) is 8.33. The Labute approximate surface area is 403 Å². The Balaban J connectivity index is 0.829. The standard InChI is InChI=1S/C66H42N4/c1-7-28-59-51(22-1)52-23-2-8-29-60(52)67(59)47-18-13-16-43(38-47)44-17-14-19-48(39-44)68-63-32-11-5-26-55(63)57-40-45(34-36-65(57)68)46-35-37-66-58(41-46)56-27-6-12-33-64(56)70(66)50-21-15-20-49(42-50)69-61-30-9-3-24-53(61)54-25-4-10-31-62(54)69/h1-42H. The van der Waals surface area contributed by atoms with Gasteiger partial charge in [-0.05, 0) is 125 Å². The topological polar surface area (TPSA) is 19.7 Å². The number of fused-ring (bicyclic) bond motifs is 12. The third-order valence-electron chi connectivity index (χ3n) is 14.7. The molecule has 0 aliphatic heterocycles. The molecule has 11 aromatic carbocycles. The molecule has 4 nitrogen and oxygen atoms in total. The third kappa shape index (κ3) is 5.71. The molecule has 0 fully saturated rings. The van der Waals surface area contributed by atoms with Crippen molar-refractivity contribution in [1.29, 1.82) is 0 Å². The quantitative estimate of drug-likeness (QED) is 0.158. The van der Waals surface area contributed by atoms with Gasteiger partial charge in [-0.3, -0.25) is 0 Å². The van der Waals surface area contributed by atoms with E-state index in [4.69, 9.17) is 0 Å². The molecule has 15 rings (SSSR count). The Morgan fingerprint density at radius 3 is 0.729 bits per heavy atom. The summed E-state index contributed by atoms with van der Waals surface area (Å²) in [4.78, 5) is 0. The van der Waals surface area contributed by atoms with E-state index in [1.807, 2.05) is 0 Å². The minimum absolute atomic E-state index is 1.13. The molecule has 4 heteroatoms. The summed E-state index contributed by atoms with van der Waals surface area (Å²) < 4.78 is 9.65. The van der Waals surface area contributed by atoms with E-state index >= 15 is 0 Å². The molecule has 0 bridgehead atoms. The van der Waals surface area contributed by atoms with E-state index < -0.39 is 0 Å². The number of hydrogen-bond donors (Lipinski definition) is 0. The monoisotopic (exact) mass is 890 g/mol. The van der Waals surface area contributed by atoms with Gasteiger partial charge in [0, 0.05) is 65.8 Å². The van der Waals surface area contributed by atoms with Crippen molar-refractivity contribution in [2.75, 3.05) is 0 Å². The van der Waals surface area contributed by atoms with E-state index in [1.165, 1.54) is 109 Å². The molecule has 0 atom stereocenters. The fraction of sp³-hybridized carbons (Fsp3) is 0. The molecule has 0 radical (unpaired) electrons. The smallest absolute Gasteiger partial charge is 0.0541 e. The number of nitrogens with zero attached hydrogens (tertiary/aromatic N) is 4. The molecule has 0 aliphatic rings. The van der Waals surface area contributed by atoms with Crippen LogP contribution in [0.4, 0.5) is 0 Å². The van der Waals surface area contributed by atoms with Crippen molar-refractivity contribution in [2.24, 2.45) is 0 Å². The summed E-state index contributed by atoms with van der Waals surface area (Å²) in [5.74, 6) is 0. The number of hydrogen-bond acceptors (Lipinski definition) is 0. The minimum Gasteiger partial charge on any atom is -0.309 e. The van der Waals surface area contributed by atoms with E-state index in [0.29, 0.717) is 0 Å². The van der Waals surface area contributed by atoms with Crippen molar-refractivity contribution in [3.05, 3.63) is 255 Å². The first-order valence-electron chi connectivity index (χ1n) is 24.1. The first kappa shape index (κ1) is 38.7. The molecular formula is C66H42N4. The third-order valence-corrected chi connectivity index (χ3v) is 14.7. The summed E-state index contributed by atoms with van der Waals surface area (Å²) in [7, 11) is 0. The van der Waals surface area contributed by atoms with E-state index in [9.17, 15) is 0 Å². The molecule has 0 saturated carbocycles. The average molecular weight is 891 g/mol. The van der Waals surface area contributed by atoms with Gasteiger partial charge >= 0.3 is 0 Å². The number of aromatic nitrogens is 4. The van der Waals surface area contributed by atoms with E-state index in [-0.39, 0.29) is 0 Å². The van der Waals surface area contributed by atoms with Gasteiger partial charge in [-0.1, -0.05) is 152 Å². The number of rotatable bonds is 6. The van der Waals surface area contributed by atoms with Crippen molar-refractivity contribution in [1.82, 2.24) is 18.3 Å². The molecule has 0 N–H and O–H groups in total. The van der Waals surface area contributed by atoms with Crippen LogP contribution in [-0.4, -0.2) is 18.3 Å².